The molecule has 0 aromatic heterocycles. The van der Waals surface area contributed by atoms with Crippen molar-refractivity contribution < 1.29 is 24.2 Å². The summed E-state index contributed by atoms with van der Waals surface area (Å²) in [6, 6.07) is 15.5. The first-order chi connectivity index (χ1) is 16.4. The molecule has 2 aromatic carbocycles. The Balaban J connectivity index is 1.39. The maximum Gasteiger partial charge on any atom is 0.407 e. The number of hydrogen-bond acceptors (Lipinski definition) is 4. The van der Waals surface area contributed by atoms with Crippen molar-refractivity contribution in [2.75, 3.05) is 6.61 Å². The van der Waals surface area contributed by atoms with E-state index >= 15 is 0 Å². The Morgan fingerprint density at radius 2 is 1.59 bits per heavy atom. The summed E-state index contributed by atoms with van der Waals surface area (Å²) in [7, 11) is 0. The Kier molecular flexibility index (Phi) is 7.50. The molecule has 2 amide bonds. The Bertz CT molecular complexity index is 1010. The molecule has 3 unspecified atom stereocenters. The predicted molar refractivity (Wildman–Crippen MR) is 128 cm³/mol. The minimum Gasteiger partial charge on any atom is -0.481 e. The Morgan fingerprint density at radius 3 is 2.24 bits per heavy atom. The first-order valence-electron chi connectivity index (χ1n) is 12.1. The van der Waals surface area contributed by atoms with Gasteiger partial charge in [0.25, 0.3) is 0 Å². The molecular formula is C27H32N2O5. The van der Waals surface area contributed by atoms with E-state index in [-0.39, 0.29) is 30.9 Å². The number of carboxylic acid groups (broad SMARTS) is 1. The Labute approximate surface area is 199 Å². The van der Waals surface area contributed by atoms with Gasteiger partial charge in [0, 0.05) is 18.0 Å². The second-order valence-corrected chi connectivity index (χ2v) is 9.33. The van der Waals surface area contributed by atoms with Crippen LogP contribution in [0.2, 0.25) is 0 Å². The van der Waals surface area contributed by atoms with Gasteiger partial charge in [0.1, 0.15) is 6.61 Å². The lowest BCUT2D eigenvalue weighted by Gasteiger charge is -2.26. The zero-order valence-electron chi connectivity index (χ0n) is 19.5. The normalized spacial score (nSPS) is 20.4. The lowest BCUT2D eigenvalue weighted by atomic mass is 9.93. The number of aliphatic carboxylic acids is 1. The molecule has 0 heterocycles. The van der Waals surface area contributed by atoms with Crippen LogP contribution in [0.4, 0.5) is 4.79 Å². The van der Waals surface area contributed by atoms with Gasteiger partial charge in [0.05, 0.1) is 12.3 Å². The SMILES string of the molecule is CC(CC(=O)O)NC(=O)C1CCCCCC1NC(=O)OCC1c2ccccc2-c2ccccc21. The maximum absolute atomic E-state index is 12.9. The van der Waals surface area contributed by atoms with E-state index in [1.165, 1.54) is 11.1 Å². The van der Waals surface area contributed by atoms with Gasteiger partial charge in [-0.3, -0.25) is 9.59 Å². The lowest BCUT2D eigenvalue weighted by molar-refractivity contribution is -0.137. The third kappa shape index (κ3) is 5.41. The van der Waals surface area contributed by atoms with Crippen molar-refractivity contribution in [1.82, 2.24) is 10.6 Å². The molecule has 1 fully saturated rings. The molecule has 3 N–H and O–H groups in total. The van der Waals surface area contributed by atoms with Crippen molar-refractivity contribution in [3.8, 4) is 11.1 Å². The van der Waals surface area contributed by atoms with E-state index in [2.05, 4.69) is 34.9 Å². The molecule has 2 aliphatic rings. The second kappa shape index (κ2) is 10.7. The van der Waals surface area contributed by atoms with Crippen LogP contribution in [0.5, 0.6) is 0 Å². The van der Waals surface area contributed by atoms with Crippen LogP contribution in [0, 0.1) is 5.92 Å². The highest BCUT2D eigenvalue weighted by Gasteiger charge is 2.33. The van der Waals surface area contributed by atoms with Crippen LogP contribution in [-0.4, -0.2) is 41.8 Å². The van der Waals surface area contributed by atoms with Gasteiger partial charge in [0.15, 0.2) is 0 Å². The molecule has 0 radical (unpaired) electrons. The van der Waals surface area contributed by atoms with E-state index in [1.807, 2.05) is 24.3 Å². The van der Waals surface area contributed by atoms with Crippen LogP contribution >= 0.6 is 0 Å². The first kappa shape index (κ1) is 23.8. The number of alkyl carbamates (subject to hydrolysis) is 1. The number of rotatable bonds is 7. The summed E-state index contributed by atoms with van der Waals surface area (Å²) in [5.74, 6) is -1.59. The van der Waals surface area contributed by atoms with Gasteiger partial charge in [-0.05, 0) is 42.0 Å². The predicted octanol–water partition coefficient (Wildman–Crippen LogP) is 4.45. The van der Waals surface area contributed by atoms with E-state index in [0.717, 1.165) is 30.4 Å². The van der Waals surface area contributed by atoms with Gasteiger partial charge in [-0.1, -0.05) is 67.8 Å². The summed E-state index contributed by atoms with van der Waals surface area (Å²) in [5.41, 5.74) is 4.64. The van der Waals surface area contributed by atoms with Crippen molar-refractivity contribution in [3.63, 3.8) is 0 Å². The second-order valence-electron chi connectivity index (χ2n) is 9.33. The quantitative estimate of drug-likeness (QED) is 0.525. The minimum absolute atomic E-state index is 0.0248. The van der Waals surface area contributed by atoms with Gasteiger partial charge in [0.2, 0.25) is 5.91 Å². The summed E-state index contributed by atoms with van der Waals surface area (Å²) in [5, 5.41) is 14.7. The van der Waals surface area contributed by atoms with Crippen LogP contribution in [0.3, 0.4) is 0 Å². The molecule has 7 heteroatoms. The summed E-state index contributed by atoms with van der Waals surface area (Å²) in [6.45, 7) is 1.90. The molecule has 3 atom stereocenters. The molecule has 1 saturated carbocycles. The van der Waals surface area contributed by atoms with E-state index in [0.29, 0.717) is 12.8 Å². The van der Waals surface area contributed by atoms with Crippen molar-refractivity contribution in [3.05, 3.63) is 59.7 Å². The monoisotopic (exact) mass is 464 g/mol. The topological polar surface area (TPSA) is 105 Å². The summed E-state index contributed by atoms with van der Waals surface area (Å²) in [6.07, 6.45) is 3.50. The molecule has 0 saturated heterocycles. The summed E-state index contributed by atoms with van der Waals surface area (Å²) < 4.78 is 5.69. The van der Waals surface area contributed by atoms with Crippen molar-refractivity contribution in [2.45, 2.75) is 63.5 Å². The molecule has 0 spiro atoms. The van der Waals surface area contributed by atoms with Crippen molar-refractivity contribution >= 4 is 18.0 Å². The smallest absolute Gasteiger partial charge is 0.407 e. The highest BCUT2D eigenvalue weighted by Crippen LogP contribution is 2.44. The number of fused-ring (bicyclic) bond motifs is 3. The Hall–Kier alpha value is -3.35. The number of amides is 2. The van der Waals surface area contributed by atoms with Crippen LogP contribution < -0.4 is 10.6 Å². The van der Waals surface area contributed by atoms with Crippen molar-refractivity contribution in [2.24, 2.45) is 5.92 Å². The number of carbonyl (C=O) groups is 3. The fourth-order valence-corrected chi connectivity index (χ4v) is 5.25. The third-order valence-electron chi connectivity index (χ3n) is 6.87. The number of nitrogens with one attached hydrogen (secondary N) is 2. The molecule has 2 aromatic rings. The summed E-state index contributed by atoms with van der Waals surface area (Å²) in [4.78, 5) is 36.6. The number of carboxylic acids is 1. The standard InChI is InChI=1S/C27H32N2O5/c1-17(15-25(30)31)28-26(32)22-13-3-2-4-14-24(22)29-27(33)34-16-23-20-11-7-5-9-18(20)19-10-6-8-12-21(19)23/h5-12,17,22-24H,2-4,13-16H2,1H3,(H,28,32)(H,29,33)(H,30,31). The molecule has 0 aliphatic heterocycles. The molecule has 180 valence electrons. The van der Waals surface area contributed by atoms with E-state index < -0.39 is 24.0 Å². The summed E-state index contributed by atoms with van der Waals surface area (Å²) >= 11 is 0. The fourth-order valence-electron chi connectivity index (χ4n) is 5.25. The highest BCUT2D eigenvalue weighted by molar-refractivity contribution is 5.82. The van der Waals surface area contributed by atoms with Gasteiger partial charge in [-0.15, -0.1) is 0 Å². The zero-order valence-corrected chi connectivity index (χ0v) is 19.5. The number of carbonyl (C=O) groups excluding carboxylic acids is 2. The van der Waals surface area contributed by atoms with Crippen LogP contribution in [-0.2, 0) is 14.3 Å². The lowest BCUT2D eigenvalue weighted by Crippen LogP contribution is -2.48. The Morgan fingerprint density at radius 1 is 0.971 bits per heavy atom. The van der Waals surface area contributed by atoms with Crippen LogP contribution in [0.25, 0.3) is 11.1 Å². The molecule has 4 rings (SSSR count). The number of benzene rings is 2. The van der Waals surface area contributed by atoms with E-state index in [9.17, 15) is 14.4 Å². The van der Waals surface area contributed by atoms with Crippen molar-refractivity contribution in [1.29, 1.82) is 0 Å². The molecule has 34 heavy (non-hydrogen) atoms. The molecule has 7 nitrogen and oxygen atoms in total. The van der Waals surface area contributed by atoms with Gasteiger partial charge >= 0.3 is 12.1 Å². The molecule has 2 aliphatic carbocycles. The van der Waals surface area contributed by atoms with E-state index in [1.54, 1.807) is 6.92 Å². The average Bonchev–Trinajstić information content (AvgIpc) is 2.94. The minimum atomic E-state index is -0.957. The van der Waals surface area contributed by atoms with Gasteiger partial charge < -0.3 is 20.5 Å². The van der Waals surface area contributed by atoms with Crippen LogP contribution in [0.15, 0.2) is 48.5 Å². The largest absolute Gasteiger partial charge is 0.481 e. The zero-order chi connectivity index (χ0) is 24.1. The molecule has 0 bridgehead atoms. The number of ether oxygens (including phenoxy) is 1. The third-order valence-corrected chi connectivity index (χ3v) is 6.87. The molecular weight excluding hydrogens is 432 g/mol. The average molecular weight is 465 g/mol. The fraction of sp³-hybridized carbons (Fsp3) is 0.444. The maximum atomic E-state index is 12.9. The van der Waals surface area contributed by atoms with Gasteiger partial charge in [-0.25, -0.2) is 4.79 Å². The first-order valence-corrected chi connectivity index (χ1v) is 12.1. The van der Waals surface area contributed by atoms with Gasteiger partial charge in [-0.2, -0.15) is 0 Å². The van der Waals surface area contributed by atoms with Crippen LogP contribution in [0.1, 0.15) is 62.5 Å². The highest BCUT2D eigenvalue weighted by atomic mass is 16.5. The number of hydrogen-bond donors (Lipinski definition) is 3. The van der Waals surface area contributed by atoms with E-state index in [4.69, 9.17) is 9.84 Å².